The molecule has 0 atom stereocenters. The van der Waals surface area contributed by atoms with Crippen molar-refractivity contribution in [2.45, 2.75) is 13.1 Å². The van der Waals surface area contributed by atoms with Crippen LogP contribution in [0.25, 0.3) is 0 Å². The number of nitrogens with one attached hydrogen (secondary N) is 2. The summed E-state index contributed by atoms with van der Waals surface area (Å²) >= 11 is 5.97. The van der Waals surface area contributed by atoms with Gasteiger partial charge in [0.1, 0.15) is 0 Å². The van der Waals surface area contributed by atoms with Gasteiger partial charge in [-0.3, -0.25) is 0 Å². The molecular formula is C20H20ClN5. The Hall–Kier alpha value is -2.81. The topological polar surface area (TPSA) is 65.7 Å². The zero-order valence-corrected chi connectivity index (χ0v) is 15.1. The first-order valence-corrected chi connectivity index (χ1v) is 8.80. The highest BCUT2D eigenvalue weighted by Gasteiger charge is 2.03. The third-order valence-corrected chi connectivity index (χ3v) is 4.23. The molecule has 6 heteroatoms. The molecular weight excluding hydrogens is 346 g/mol. The molecule has 0 radical (unpaired) electrons. The summed E-state index contributed by atoms with van der Waals surface area (Å²) in [4.78, 5) is 4.25. The molecule has 3 rings (SSSR count). The van der Waals surface area contributed by atoms with Crippen molar-refractivity contribution in [3.8, 4) is 6.07 Å². The van der Waals surface area contributed by atoms with Gasteiger partial charge in [0, 0.05) is 43.1 Å². The Morgan fingerprint density at radius 2 is 1.96 bits per heavy atom. The molecule has 0 aliphatic rings. The van der Waals surface area contributed by atoms with Gasteiger partial charge in [-0.15, -0.1) is 0 Å². The maximum absolute atomic E-state index is 8.87. The molecule has 0 amide bonds. The van der Waals surface area contributed by atoms with Gasteiger partial charge in [0.2, 0.25) is 0 Å². The lowest BCUT2D eigenvalue weighted by molar-refractivity contribution is 0.647. The van der Waals surface area contributed by atoms with Gasteiger partial charge in [-0.1, -0.05) is 29.8 Å². The summed E-state index contributed by atoms with van der Waals surface area (Å²) in [6, 6.07) is 17.5. The molecule has 132 valence electrons. The van der Waals surface area contributed by atoms with E-state index in [1.54, 1.807) is 0 Å². The number of hydrogen-bond acceptors (Lipinski definition) is 4. The summed E-state index contributed by atoms with van der Waals surface area (Å²) in [5, 5.41) is 16.4. The average molecular weight is 366 g/mol. The van der Waals surface area contributed by atoms with Crippen LogP contribution in [0.4, 0.5) is 5.69 Å². The van der Waals surface area contributed by atoms with E-state index < -0.39 is 0 Å². The lowest BCUT2D eigenvalue weighted by Crippen LogP contribution is -2.23. The van der Waals surface area contributed by atoms with Crippen LogP contribution < -0.4 is 10.6 Å². The molecule has 2 N–H and O–H groups in total. The molecule has 3 aromatic rings. The molecule has 0 aliphatic heterocycles. The number of imidazole rings is 1. The van der Waals surface area contributed by atoms with Gasteiger partial charge in [0.15, 0.2) is 0 Å². The standard InChI is InChI=1S/C20H20ClN5/c21-18-2-1-3-19(10-18)25-9-8-23-12-20-13-24-15-26(20)14-17-6-4-16(11-22)5-7-17/h1-7,10,13,15,23,25H,8-9,12,14H2. The van der Waals surface area contributed by atoms with Crippen molar-refractivity contribution in [1.82, 2.24) is 14.9 Å². The molecule has 1 aromatic heterocycles. The Bertz CT molecular complexity index is 880. The van der Waals surface area contributed by atoms with Gasteiger partial charge >= 0.3 is 0 Å². The molecule has 0 aliphatic carbocycles. The fraction of sp³-hybridized carbons (Fsp3) is 0.200. The van der Waals surface area contributed by atoms with Crippen molar-refractivity contribution in [3.63, 3.8) is 0 Å². The van der Waals surface area contributed by atoms with Crippen molar-refractivity contribution in [2.75, 3.05) is 18.4 Å². The zero-order chi connectivity index (χ0) is 18.2. The summed E-state index contributed by atoms with van der Waals surface area (Å²) in [7, 11) is 0. The highest BCUT2D eigenvalue weighted by atomic mass is 35.5. The van der Waals surface area contributed by atoms with Gasteiger partial charge in [0.25, 0.3) is 0 Å². The van der Waals surface area contributed by atoms with E-state index in [0.717, 1.165) is 48.1 Å². The first kappa shape index (κ1) is 18.0. The minimum Gasteiger partial charge on any atom is -0.384 e. The van der Waals surface area contributed by atoms with Crippen LogP contribution in [-0.2, 0) is 13.1 Å². The van der Waals surface area contributed by atoms with Crippen LogP contribution >= 0.6 is 11.6 Å². The summed E-state index contributed by atoms with van der Waals surface area (Å²) in [5.41, 5.74) is 3.96. The quantitative estimate of drug-likeness (QED) is 0.598. The second-order valence-corrected chi connectivity index (χ2v) is 6.37. The number of anilines is 1. The number of nitriles is 1. The molecule has 0 fully saturated rings. The highest BCUT2D eigenvalue weighted by Crippen LogP contribution is 2.14. The first-order valence-electron chi connectivity index (χ1n) is 8.43. The molecule has 0 bridgehead atoms. The Balaban J connectivity index is 1.45. The second kappa shape index (κ2) is 9.04. The zero-order valence-electron chi connectivity index (χ0n) is 14.3. The van der Waals surface area contributed by atoms with Crippen LogP contribution in [0.3, 0.4) is 0 Å². The summed E-state index contributed by atoms with van der Waals surface area (Å²) in [6.45, 7) is 3.12. The van der Waals surface area contributed by atoms with Crippen LogP contribution in [0.1, 0.15) is 16.8 Å². The lowest BCUT2D eigenvalue weighted by Gasteiger charge is -2.11. The van der Waals surface area contributed by atoms with Crippen molar-refractivity contribution in [2.24, 2.45) is 0 Å². The fourth-order valence-corrected chi connectivity index (χ4v) is 2.82. The molecule has 0 saturated heterocycles. The number of rotatable bonds is 8. The Kier molecular flexibility index (Phi) is 6.26. The number of aromatic nitrogens is 2. The molecule has 2 aromatic carbocycles. The molecule has 26 heavy (non-hydrogen) atoms. The predicted molar refractivity (Wildman–Crippen MR) is 104 cm³/mol. The molecule has 1 heterocycles. The van der Waals surface area contributed by atoms with Gasteiger partial charge in [0.05, 0.1) is 23.7 Å². The monoisotopic (exact) mass is 365 g/mol. The Morgan fingerprint density at radius 1 is 1.12 bits per heavy atom. The minimum atomic E-state index is 0.675. The maximum atomic E-state index is 8.87. The van der Waals surface area contributed by atoms with E-state index in [1.807, 2.05) is 61.1 Å². The Morgan fingerprint density at radius 3 is 2.73 bits per heavy atom. The minimum absolute atomic E-state index is 0.675. The van der Waals surface area contributed by atoms with Gasteiger partial charge in [-0.05, 0) is 35.9 Å². The van der Waals surface area contributed by atoms with E-state index in [1.165, 1.54) is 0 Å². The van der Waals surface area contributed by atoms with Crippen molar-refractivity contribution >= 4 is 17.3 Å². The van der Waals surface area contributed by atoms with Crippen LogP contribution in [0.2, 0.25) is 5.02 Å². The van der Waals surface area contributed by atoms with Gasteiger partial charge in [-0.25, -0.2) is 4.98 Å². The normalized spacial score (nSPS) is 10.5. The van der Waals surface area contributed by atoms with E-state index in [2.05, 4.69) is 26.3 Å². The predicted octanol–water partition coefficient (Wildman–Crippen LogP) is 3.66. The number of halogens is 1. The molecule has 0 unspecified atom stereocenters. The smallest absolute Gasteiger partial charge is 0.0991 e. The summed E-state index contributed by atoms with van der Waals surface area (Å²) in [5.74, 6) is 0. The summed E-state index contributed by atoms with van der Waals surface area (Å²) in [6.07, 6.45) is 3.71. The van der Waals surface area contributed by atoms with Crippen LogP contribution in [0.15, 0.2) is 61.1 Å². The van der Waals surface area contributed by atoms with E-state index in [-0.39, 0.29) is 0 Å². The van der Waals surface area contributed by atoms with Gasteiger partial charge < -0.3 is 15.2 Å². The van der Waals surface area contributed by atoms with Crippen LogP contribution in [-0.4, -0.2) is 22.6 Å². The lowest BCUT2D eigenvalue weighted by atomic mass is 10.1. The first-order chi connectivity index (χ1) is 12.7. The van der Waals surface area contributed by atoms with Gasteiger partial charge in [-0.2, -0.15) is 5.26 Å². The third-order valence-electron chi connectivity index (χ3n) is 4.00. The maximum Gasteiger partial charge on any atom is 0.0991 e. The van der Waals surface area contributed by atoms with E-state index >= 15 is 0 Å². The largest absolute Gasteiger partial charge is 0.384 e. The second-order valence-electron chi connectivity index (χ2n) is 5.94. The highest BCUT2D eigenvalue weighted by molar-refractivity contribution is 6.30. The molecule has 0 spiro atoms. The van der Waals surface area contributed by atoms with Crippen molar-refractivity contribution < 1.29 is 0 Å². The van der Waals surface area contributed by atoms with Crippen molar-refractivity contribution in [3.05, 3.63) is 82.9 Å². The summed E-state index contributed by atoms with van der Waals surface area (Å²) < 4.78 is 2.11. The van der Waals surface area contributed by atoms with Crippen LogP contribution in [0.5, 0.6) is 0 Å². The molecule has 5 nitrogen and oxygen atoms in total. The van der Waals surface area contributed by atoms with E-state index in [0.29, 0.717) is 5.56 Å². The molecule has 0 saturated carbocycles. The number of hydrogen-bond donors (Lipinski definition) is 2. The van der Waals surface area contributed by atoms with Crippen molar-refractivity contribution in [1.29, 1.82) is 5.26 Å². The fourth-order valence-electron chi connectivity index (χ4n) is 2.63. The Labute approximate surface area is 158 Å². The van der Waals surface area contributed by atoms with E-state index in [4.69, 9.17) is 16.9 Å². The SMILES string of the molecule is N#Cc1ccc(Cn2cncc2CNCCNc2cccc(Cl)c2)cc1. The van der Waals surface area contributed by atoms with E-state index in [9.17, 15) is 0 Å². The third kappa shape index (κ3) is 5.09. The average Bonchev–Trinajstić information content (AvgIpc) is 3.09. The number of benzene rings is 2. The number of nitrogens with zero attached hydrogens (tertiary/aromatic N) is 3. The van der Waals surface area contributed by atoms with Crippen LogP contribution in [0, 0.1) is 11.3 Å².